The van der Waals surface area contributed by atoms with Crippen LogP contribution in [0.15, 0.2) is 53.5 Å². The highest BCUT2D eigenvalue weighted by Crippen LogP contribution is 2.32. The molecule has 0 atom stereocenters. The van der Waals surface area contributed by atoms with Gasteiger partial charge in [0.15, 0.2) is 17.5 Å². The second-order valence-electron chi connectivity index (χ2n) is 7.34. The molecule has 0 bridgehead atoms. The summed E-state index contributed by atoms with van der Waals surface area (Å²) < 4.78 is 16.5. The van der Waals surface area contributed by atoms with Crippen molar-refractivity contribution in [3.63, 3.8) is 0 Å². The lowest BCUT2D eigenvalue weighted by molar-refractivity contribution is 0.125. The van der Waals surface area contributed by atoms with E-state index < -0.39 is 0 Å². The molecule has 2 aromatic carbocycles. The van der Waals surface area contributed by atoms with Gasteiger partial charge in [0, 0.05) is 25.6 Å². The quantitative estimate of drug-likeness (QED) is 0.212. The molecule has 0 heterocycles. The van der Waals surface area contributed by atoms with E-state index in [4.69, 9.17) is 14.2 Å². The molecule has 0 saturated carbocycles. The van der Waals surface area contributed by atoms with Gasteiger partial charge < -0.3 is 24.8 Å². The predicted octanol–water partition coefficient (Wildman–Crippen LogP) is 3.98. The highest BCUT2D eigenvalue weighted by Gasteiger charge is 2.22. The maximum atomic E-state index is 5.71. The standard InChI is InChI=1S/C23H33N3O3.HI/c1-23(2,19-11-12-20(27-4)21(15-19)28-5)17-26-22(24-3)25-13-14-29-16-18-9-7-6-8-10-18;/h6-12,15H,13-14,16-17H2,1-5H3,(H2,24,25,26);1H. The molecule has 2 rings (SSSR count). The number of methoxy groups -OCH3 is 2. The minimum Gasteiger partial charge on any atom is -0.493 e. The minimum absolute atomic E-state index is 0. The van der Waals surface area contributed by atoms with Crippen molar-refractivity contribution in [2.45, 2.75) is 25.9 Å². The van der Waals surface area contributed by atoms with Crippen LogP contribution in [0, 0.1) is 0 Å². The van der Waals surface area contributed by atoms with Gasteiger partial charge in [-0.05, 0) is 23.3 Å². The molecule has 6 nitrogen and oxygen atoms in total. The maximum absolute atomic E-state index is 5.71. The van der Waals surface area contributed by atoms with E-state index in [9.17, 15) is 0 Å². The van der Waals surface area contributed by atoms with Crippen LogP contribution in [-0.2, 0) is 16.8 Å². The lowest BCUT2D eigenvalue weighted by Crippen LogP contribution is -2.44. The van der Waals surface area contributed by atoms with Crippen molar-refractivity contribution >= 4 is 29.9 Å². The van der Waals surface area contributed by atoms with E-state index in [0.29, 0.717) is 26.3 Å². The van der Waals surface area contributed by atoms with Gasteiger partial charge in [0.05, 0.1) is 27.4 Å². The third kappa shape index (κ3) is 8.02. The molecule has 0 spiro atoms. The summed E-state index contributed by atoms with van der Waals surface area (Å²) in [6.45, 7) is 6.97. The van der Waals surface area contributed by atoms with Crippen molar-refractivity contribution < 1.29 is 14.2 Å². The molecule has 30 heavy (non-hydrogen) atoms. The van der Waals surface area contributed by atoms with E-state index in [-0.39, 0.29) is 29.4 Å². The summed E-state index contributed by atoms with van der Waals surface area (Å²) in [4.78, 5) is 4.30. The molecule has 166 valence electrons. The number of nitrogens with one attached hydrogen (secondary N) is 2. The van der Waals surface area contributed by atoms with Crippen LogP contribution in [0.4, 0.5) is 0 Å². The van der Waals surface area contributed by atoms with E-state index in [2.05, 4.69) is 47.7 Å². The topological polar surface area (TPSA) is 64.1 Å². The molecule has 0 saturated heterocycles. The van der Waals surface area contributed by atoms with Crippen LogP contribution in [0.25, 0.3) is 0 Å². The molecule has 0 aromatic heterocycles. The third-order valence-corrected chi connectivity index (χ3v) is 4.74. The number of aliphatic imine (C=N–C) groups is 1. The van der Waals surface area contributed by atoms with Crippen molar-refractivity contribution in [3.8, 4) is 11.5 Å². The first-order chi connectivity index (χ1) is 14.0. The number of hydrogen-bond donors (Lipinski definition) is 2. The molecule has 0 aliphatic rings. The van der Waals surface area contributed by atoms with E-state index in [1.165, 1.54) is 5.56 Å². The Balaban J connectivity index is 0.00000450. The van der Waals surface area contributed by atoms with Crippen LogP contribution < -0.4 is 20.1 Å². The fraction of sp³-hybridized carbons (Fsp3) is 0.435. The SMILES string of the molecule is CN=C(NCCOCc1ccccc1)NCC(C)(C)c1ccc(OC)c(OC)c1.I. The average molecular weight is 527 g/mol. The normalized spacial score (nSPS) is 11.4. The Bertz CT molecular complexity index is 783. The van der Waals surface area contributed by atoms with Crippen LogP contribution in [0.3, 0.4) is 0 Å². The highest BCUT2D eigenvalue weighted by atomic mass is 127. The van der Waals surface area contributed by atoms with Gasteiger partial charge in [-0.2, -0.15) is 0 Å². The summed E-state index contributed by atoms with van der Waals surface area (Å²) >= 11 is 0. The zero-order valence-corrected chi connectivity index (χ0v) is 20.9. The molecule has 2 N–H and O–H groups in total. The first-order valence-corrected chi connectivity index (χ1v) is 9.79. The number of rotatable bonds is 10. The number of benzene rings is 2. The summed E-state index contributed by atoms with van der Waals surface area (Å²) in [5, 5.41) is 6.68. The summed E-state index contributed by atoms with van der Waals surface area (Å²) in [5.74, 6) is 2.21. The van der Waals surface area contributed by atoms with Gasteiger partial charge in [-0.25, -0.2) is 0 Å². The smallest absolute Gasteiger partial charge is 0.191 e. The molecule has 7 heteroatoms. The molecule has 0 unspecified atom stereocenters. The number of hydrogen-bond acceptors (Lipinski definition) is 4. The monoisotopic (exact) mass is 527 g/mol. The predicted molar refractivity (Wildman–Crippen MR) is 133 cm³/mol. The largest absolute Gasteiger partial charge is 0.493 e. The Labute approximate surface area is 197 Å². The summed E-state index contributed by atoms with van der Waals surface area (Å²) in [6.07, 6.45) is 0. The molecule has 0 amide bonds. The van der Waals surface area contributed by atoms with Gasteiger partial charge in [0.2, 0.25) is 0 Å². The van der Waals surface area contributed by atoms with E-state index in [1.54, 1.807) is 21.3 Å². The summed E-state index contributed by atoms with van der Waals surface area (Å²) in [5.41, 5.74) is 2.21. The molecular formula is C23H34IN3O3. The number of halogens is 1. The zero-order chi connectivity index (χ0) is 21.1. The number of nitrogens with zero attached hydrogens (tertiary/aromatic N) is 1. The van der Waals surface area contributed by atoms with Crippen LogP contribution in [0.5, 0.6) is 11.5 Å². The average Bonchev–Trinajstić information content (AvgIpc) is 2.75. The Hall–Kier alpha value is -2.00. The number of guanidine groups is 1. The first-order valence-electron chi connectivity index (χ1n) is 9.79. The minimum atomic E-state index is -0.124. The summed E-state index contributed by atoms with van der Waals surface area (Å²) in [6, 6.07) is 16.2. The lowest BCUT2D eigenvalue weighted by atomic mass is 9.84. The Morgan fingerprint density at radius 3 is 2.30 bits per heavy atom. The first kappa shape index (κ1) is 26.0. The Kier molecular flexibility index (Phi) is 11.6. The van der Waals surface area contributed by atoms with E-state index >= 15 is 0 Å². The molecule has 2 aromatic rings. The highest BCUT2D eigenvalue weighted by molar-refractivity contribution is 14.0. The Morgan fingerprint density at radius 2 is 1.67 bits per heavy atom. The number of ether oxygens (including phenoxy) is 3. The van der Waals surface area contributed by atoms with Gasteiger partial charge in [-0.1, -0.05) is 50.2 Å². The third-order valence-electron chi connectivity index (χ3n) is 4.74. The van der Waals surface area contributed by atoms with Gasteiger partial charge in [-0.3, -0.25) is 4.99 Å². The van der Waals surface area contributed by atoms with Gasteiger partial charge in [-0.15, -0.1) is 24.0 Å². The van der Waals surface area contributed by atoms with Crippen molar-refractivity contribution in [1.29, 1.82) is 0 Å². The van der Waals surface area contributed by atoms with Crippen molar-refractivity contribution in [2.24, 2.45) is 4.99 Å². The van der Waals surface area contributed by atoms with Gasteiger partial charge in [0.1, 0.15) is 0 Å². The molecule has 0 radical (unpaired) electrons. The van der Waals surface area contributed by atoms with Gasteiger partial charge in [0.25, 0.3) is 0 Å². The van der Waals surface area contributed by atoms with Crippen molar-refractivity contribution in [1.82, 2.24) is 10.6 Å². The van der Waals surface area contributed by atoms with E-state index in [0.717, 1.165) is 23.0 Å². The van der Waals surface area contributed by atoms with Crippen molar-refractivity contribution in [2.75, 3.05) is 41.0 Å². The fourth-order valence-corrected chi connectivity index (χ4v) is 2.89. The lowest BCUT2D eigenvalue weighted by Gasteiger charge is -2.27. The van der Waals surface area contributed by atoms with Crippen LogP contribution in [-0.4, -0.2) is 46.9 Å². The molecule has 0 aliphatic carbocycles. The van der Waals surface area contributed by atoms with Crippen LogP contribution >= 0.6 is 24.0 Å². The Morgan fingerprint density at radius 1 is 0.967 bits per heavy atom. The van der Waals surface area contributed by atoms with E-state index in [1.807, 2.05) is 30.3 Å². The molecule has 0 aliphatic heterocycles. The zero-order valence-electron chi connectivity index (χ0n) is 18.5. The van der Waals surface area contributed by atoms with Crippen molar-refractivity contribution in [3.05, 3.63) is 59.7 Å². The van der Waals surface area contributed by atoms with Crippen LogP contribution in [0.1, 0.15) is 25.0 Å². The molecule has 0 fully saturated rings. The molecular weight excluding hydrogens is 493 g/mol. The second-order valence-corrected chi connectivity index (χ2v) is 7.34. The van der Waals surface area contributed by atoms with Crippen LogP contribution in [0.2, 0.25) is 0 Å². The van der Waals surface area contributed by atoms with Gasteiger partial charge >= 0.3 is 0 Å². The fourth-order valence-electron chi connectivity index (χ4n) is 2.89. The summed E-state index contributed by atoms with van der Waals surface area (Å²) in [7, 11) is 5.06. The second kappa shape index (κ2) is 13.3. The maximum Gasteiger partial charge on any atom is 0.191 e.